The molecule has 194 valence electrons. The van der Waals surface area contributed by atoms with Gasteiger partial charge in [-0.05, 0) is 73.7 Å². The number of likely N-dealkylation sites (tertiary alicyclic amines) is 1. The van der Waals surface area contributed by atoms with Crippen molar-refractivity contribution in [1.29, 1.82) is 0 Å². The molecule has 1 aliphatic heterocycles. The van der Waals surface area contributed by atoms with E-state index in [9.17, 15) is 9.59 Å². The topological polar surface area (TPSA) is 98.8 Å². The summed E-state index contributed by atoms with van der Waals surface area (Å²) in [4.78, 5) is 34.2. The van der Waals surface area contributed by atoms with Gasteiger partial charge in [0, 0.05) is 29.8 Å². The average molecular weight is 509 g/mol. The third kappa shape index (κ3) is 5.26. The Morgan fingerprint density at radius 1 is 1.16 bits per heavy atom. The highest BCUT2D eigenvalue weighted by atomic mass is 16.1. The van der Waals surface area contributed by atoms with Crippen LogP contribution in [0.25, 0.3) is 22.2 Å². The molecular weight excluding hydrogens is 476 g/mol. The van der Waals surface area contributed by atoms with E-state index < -0.39 is 0 Å². The number of carbonyl (C=O) groups excluding carboxylic acids is 1. The molecule has 4 heterocycles. The van der Waals surface area contributed by atoms with Gasteiger partial charge in [-0.2, -0.15) is 5.10 Å². The van der Waals surface area contributed by atoms with E-state index in [0.717, 1.165) is 37.0 Å². The highest BCUT2D eigenvalue weighted by Crippen LogP contribution is 2.25. The fourth-order valence-corrected chi connectivity index (χ4v) is 5.23. The molecule has 0 spiro atoms. The number of hydrogen-bond donors (Lipinski definition) is 3. The second-order valence-corrected chi connectivity index (χ2v) is 10.5. The lowest BCUT2D eigenvalue weighted by atomic mass is 9.99. The van der Waals surface area contributed by atoms with E-state index in [0.29, 0.717) is 35.0 Å². The summed E-state index contributed by atoms with van der Waals surface area (Å²) in [5.41, 5.74) is 5.37. The maximum atomic E-state index is 12.9. The summed E-state index contributed by atoms with van der Waals surface area (Å²) >= 11 is 0. The summed E-state index contributed by atoms with van der Waals surface area (Å²) in [5.74, 6) is 0.278. The monoisotopic (exact) mass is 508 g/mol. The van der Waals surface area contributed by atoms with Crippen molar-refractivity contribution < 1.29 is 4.79 Å². The van der Waals surface area contributed by atoms with Crippen LogP contribution in [0.1, 0.15) is 42.1 Å². The van der Waals surface area contributed by atoms with Crippen molar-refractivity contribution in [2.75, 3.05) is 18.4 Å². The van der Waals surface area contributed by atoms with Crippen molar-refractivity contribution >= 4 is 22.5 Å². The third-order valence-corrected chi connectivity index (χ3v) is 7.37. The van der Waals surface area contributed by atoms with Gasteiger partial charge in [-0.15, -0.1) is 0 Å². The molecule has 3 N–H and O–H groups in total. The number of aromatic amines is 2. The number of aromatic nitrogens is 4. The van der Waals surface area contributed by atoms with E-state index in [4.69, 9.17) is 0 Å². The minimum atomic E-state index is -0.278. The molecule has 1 unspecified atom stereocenters. The first-order valence-corrected chi connectivity index (χ1v) is 13.3. The smallest absolute Gasteiger partial charge is 0.258 e. The van der Waals surface area contributed by atoms with Crippen molar-refractivity contribution in [1.82, 2.24) is 24.6 Å². The zero-order valence-electron chi connectivity index (χ0n) is 21.5. The van der Waals surface area contributed by atoms with Crippen LogP contribution >= 0.6 is 0 Å². The highest BCUT2D eigenvalue weighted by molar-refractivity contribution is 6.04. The lowest BCUT2D eigenvalue weighted by molar-refractivity contribution is 0.102. The number of fused-ring (bicyclic) bond motifs is 1. The number of nitrogens with zero attached hydrogens (tertiary/aromatic N) is 3. The minimum Gasteiger partial charge on any atom is -0.354 e. The number of carbonyl (C=O) groups is 1. The number of hydrogen-bond acceptors (Lipinski definition) is 4. The molecule has 38 heavy (non-hydrogen) atoms. The fraction of sp³-hybridized carbons (Fsp3) is 0.300. The Labute approximate surface area is 221 Å². The Morgan fingerprint density at radius 3 is 2.84 bits per heavy atom. The van der Waals surface area contributed by atoms with Crippen molar-refractivity contribution in [3.63, 3.8) is 0 Å². The molecule has 1 amide bonds. The number of anilines is 1. The summed E-state index contributed by atoms with van der Waals surface area (Å²) in [7, 11) is 0. The van der Waals surface area contributed by atoms with Gasteiger partial charge in [0.1, 0.15) is 0 Å². The first kappa shape index (κ1) is 24.2. The first-order valence-electron chi connectivity index (χ1n) is 13.3. The van der Waals surface area contributed by atoms with E-state index in [1.807, 2.05) is 6.07 Å². The second-order valence-electron chi connectivity index (χ2n) is 10.5. The molecule has 8 heteroatoms. The normalized spacial score (nSPS) is 17.7. The van der Waals surface area contributed by atoms with Crippen molar-refractivity contribution in [2.45, 2.75) is 39.3 Å². The maximum absolute atomic E-state index is 12.9. The number of benzene rings is 1. The molecule has 0 radical (unpaired) electrons. The predicted molar refractivity (Wildman–Crippen MR) is 150 cm³/mol. The van der Waals surface area contributed by atoms with Gasteiger partial charge in [0.2, 0.25) is 0 Å². The van der Waals surface area contributed by atoms with Crippen molar-refractivity contribution in [3.05, 3.63) is 94.2 Å². The molecule has 1 fully saturated rings. The molecule has 1 saturated heterocycles. The molecule has 8 nitrogen and oxygen atoms in total. The fourth-order valence-electron chi connectivity index (χ4n) is 5.23. The molecule has 1 atom stereocenters. The Morgan fingerprint density at radius 2 is 2.03 bits per heavy atom. The van der Waals surface area contributed by atoms with Gasteiger partial charge in [-0.25, -0.2) is 0 Å². The van der Waals surface area contributed by atoms with Crippen LogP contribution in [0.4, 0.5) is 5.69 Å². The van der Waals surface area contributed by atoms with Crippen LogP contribution in [0.5, 0.6) is 0 Å². The zero-order chi connectivity index (χ0) is 26.1. The Hall–Kier alpha value is -4.17. The average Bonchev–Trinajstić information content (AvgIpc) is 3.68. The molecule has 1 aliphatic carbocycles. The number of rotatable bonds is 7. The molecule has 4 aromatic rings. The van der Waals surface area contributed by atoms with Crippen LogP contribution in [0, 0.1) is 5.92 Å². The number of pyridine rings is 1. The van der Waals surface area contributed by atoms with Crippen LogP contribution in [-0.4, -0.2) is 43.6 Å². The van der Waals surface area contributed by atoms with E-state index >= 15 is 0 Å². The molecule has 0 saturated carbocycles. The Bertz CT molecular complexity index is 1600. The molecule has 6 rings (SSSR count). The van der Waals surface area contributed by atoms with Crippen LogP contribution in [0.3, 0.4) is 0 Å². The van der Waals surface area contributed by atoms with Gasteiger partial charge in [0.15, 0.2) is 0 Å². The highest BCUT2D eigenvalue weighted by Gasteiger charge is 2.15. The van der Waals surface area contributed by atoms with Gasteiger partial charge in [-0.1, -0.05) is 31.2 Å². The van der Waals surface area contributed by atoms with Crippen molar-refractivity contribution in [2.24, 2.45) is 5.92 Å². The predicted octanol–water partition coefficient (Wildman–Crippen LogP) is 5.09. The van der Waals surface area contributed by atoms with E-state index in [2.05, 4.69) is 68.6 Å². The molecule has 3 aromatic heterocycles. The zero-order valence-corrected chi connectivity index (χ0v) is 21.5. The van der Waals surface area contributed by atoms with E-state index in [-0.39, 0.29) is 11.5 Å². The SMILES string of the molecule is CC1C=CC(Cn2cc(C(=O)Nc3c[nH]c(=O)c(-c4cc5cc(CN6CCCC6)ccc5[nH]4)c3)cn2)=CC1. The van der Waals surface area contributed by atoms with Crippen LogP contribution in [0.2, 0.25) is 0 Å². The molecule has 0 bridgehead atoms. The maximum Gasteiger partial charge on any atom is 0.258 e. The molecule has 2 aliphatic rings. The number of amides is 1. The third-order valence-electron chi connectivity index (χ3n) is 7.37. The minimum absolute atomic E-state index is 0.220. The number of nitrogens with one attached hydrogen (secondary N) is 3. The van der Waals surface area contributed by atoms with Gasteiger partial charge in [-0.3, -0.25) is 19.2 Å². The lowest BCUT2D eigenvalue weighted by Crippen LogP contribution is -2.18. The summed E-state index contributed by atoms with van der Waals surface area (Å²) in [6.45, 7) is 6.06. The number of H-pyrrole nitrogens is 2. The van der Waals surface area contributed by atoms with E-state index in [1.54, 1.807) is 23.1 Å². The Balaban J connectivity index is 1.17. The quantitative estimate of drug-likeness (QED) is 0.324. The summed E-state index contributed by atoms with van der Waals surface area (Å²) < 4.78 is 1.77. The summed E-state index contributed by atoms with van der Waals surface area (Å²) in [6.07, 6.45) is 14.9. The standard InChI is InChI=1S/C30H32N6O2/c1-20-4-6-21(7-5-20)18-36-19-24(15-32-36)29(37)33-25-14-26(30(38)31-16-25)28-13-23-12-22(8-9-27(23)34-28)17-35-10-2-3-11-35/h4,6-9,12-16,19-20,34H,2-3,5,10-11,17-18H2,1H3,(H,31,38)(H,33,37). The largest absolute Gasteiger partial charge is 0.354 e. The van der Waals surface area contributed by atoms with Crippen LogP contribution in [-0.2, 0) is 13.1 Å². The Kier molecular flexibility index (Phi) is 6.55. The van der Waals surface area contributed by atoms with E-state index in [1.165, 1.54) is 30.2 Å². The molecular formula is C30H32N6O2. The van der Waals surface area contributed by atoms with Gasteiger partial charge < -0.3 is 15.3 Å². The molecule has 1 aromatic carbocycles. The second kappa shape index (κ2) is 10.3. The van der Waals surface area contributed by atoms with Crippen LogP contribution in [0.15, 0.2) is 77.5 Å². The summed E-state index contributed by atoms with van der Waals surface area (Å²) in [6, 6.07) is 10.1. The van der Waals surface area contributed by atoms with Crippen LogP contribution < -0.4 is 10.9 Å². The first-order chi connectivity index (χ1) is 18.5. The van der Waals surface area contributed by atoms with Crippen molar-refractivity contribution in [3.8, 4) is 11.3 Å². The van der Waals surface area contributed by atoms with Gasteiger partial charge >= 0.3 is 0 Å². The lowest BCUT2D eigenvalue weighted by Gasteiger charge is -2.14. The van der Waals surface area contributed by atoms with Gasteiger partial charge in [0.05, 0.1) is 35.2 Å². The number of allylic oxidation sites excluding steroid dienone is 4. The van der Waals surface area contributed by atoms with Gasteiger partial charge in [0.25, 0.3) is 11.5 Å². The summed E-state index contributed by atoms with van der Waals surface area (Å²) in [5, 5.41) is 8.31.